The second-order valence-electron chi connectivity index (χ2n) is 7.16. The van der Waals surface area contributed by atoms with Crippen molar-refractivity contribution in [2.75, 3.05) is 19.6 Å². The van der Waals surface area contributed by atoms with Gasteiger partial charge in [-0.05, 0) is 37.6 Å². The zero-order valence-corrected chi connectivity index (χ0v) is 17.8. The van der Waals surface area contributed by atoms with Crippen LogP contribution in [0.3, 0.4) is 0 Å². The van der Waals surface area contributed by atoms with E-state index in [-0.39, 0.29) is 22.5 Å². The van der Waals surface area contributed by atoms with E-state index in [9.17, 15) is 19.7 Å². The molecule has 1 aliphatic rings. The highest BCUT2D eigenvalue weighted by atomic mass is 35.5. The Hall–Kier alpha value is -3.17. The van der Waals surface area contributed by atoms with Crippen molar-refractivity contribution in [3.8, 4) is 0 Å². The van der Waals surface area contributed by atoms with Crippen LogP contribution < -0.4 is 5.32 Å². The molecule has 0 spiro atoms. The van der Waals surface area contributed by atoms with E-state index in [4.69, 9.17) is 11.6 Å². The van der Waals surface area contributed by atoms with Crippen LogP contribution in [-0.4, -0.2) is 41.3 Å². The molecule has 9 nitrogen and oxygen atoms in total. The predicted molar refractivity (Wildman–Crippen MR) is 116 cm³/mol. The van der Waals surface area contributed by atoms with Crippen LogP contribution in [0.2, 0.25) is 5.02 Å². The Morgan fingerprint density at radius 1 is 1.06 bits per heavy atom. The number of nitro benzene ring substituents is 1. The molecule has 0 saturated carbocycles. The number of nitrogens with one attached hydrogen (secondary N) is 1. The molecule has 3 rings (SSSR count). The summed E-state index contributed by atoms with van der Waals surface area (Å²) in [5.41, 5.74) is 2.96. The number of nitrogens with zero attached hydrogens (tertiary/aromatic N) is 4. The minimum Gasteiger partial charge on any atom is -0.315 e. The minimum atomic E-state index is -0.520. The second kappa shape index (κ2) is 10.2. The number of amides is 2. The number of nitro groups is 1. The number of benzene rings is 2. The van der Waals surface area contributed by atoms with Crippen LogP contribution in [0.15, 0.2) is 46.6 Å². The first-order chi connectivity index (χ1) is 14.8. The first-order valence-corrected chi connectivity index (χ1v) is 10.2. The molecule has 2 amide bonds. The third-order valence-corrected chi connectivity index (χ3v) is 5.18. The average molecular weight is 444 g/mol. The Kier molecular flexibility index (Phi) is 7.43. The highest BCUT2D eigenvalue weighted by molar-refractivity contribution is 6.33. The number of likely N-dealkylation sites (tertiary alicyclic amines) is 1. The van der Waals surface area contributed by atoms with E-state index in [1.807, 2.05) is 25.1 Å². The fourth-order valence-corrected chi connectivity index (χ4v) is 3.43. The van der Waals surface area contributed by atoms with E-state index < -0.39 is 4.92 Å². The minimum absolute atomic E-state index is 0.108. The fourth-order valence-electron chi connectivity index (χ4n) is 3.22. The third kappa shape index (κ3) is 5.93. The van der Waals surface area contributed by atoms with Crippen molar-refractivity contribution in [1.82, 2.24) is 10.2 Å². The molecule has 31 heavy (non-hydrogen) atoms. The normalized spacial score (nSPS) is 14.1. The molecule has 1 N–H and O–H groups in total. The monoisotopic (exact) mass is 443 g/mol. The van der Waals surface area contributed by atoms with Crippen molar-refractivity contribution in [3.05, 3.63) is 62.7 Å². The summed E-state index contributed by atoms with van der Waals surface area (Å²) in [5.74, 6) is -0.226. The summed E-state index contributed by atoms with van der Waals surface area (Å²) in [4.78, 5) is 34.9. The molecule has 2 aromatic carbocycles. The molecule has 162 valence electrons. The number of aryl methyl sites for hydroxylation is 1. The summed E-state index contributed by atoms with van der Waals surface area (Å²) in [6.07, 6.45) is 1.27. The molecule has 0 atom stereocenters. The lowest BCUT2D eigenvalue weighted by atomic mass is 10.1. The van der Waals surface area contributed by atoms with E-state index >= 15 is 0 Å². The molecule has 0 bridgehead atoms. The van der Waals surface area contributed by atoms with Gasteiger partial charge in [-0.3, -0.25) is 24.6 Å². The molecule has 0 aliphatic carbocycles. The molecule has 0 radical (unpaired) electrons. The van der Waals surface area contributed by atoms with Gasteiger partial charge in [-0.15, -0.1) is 5.11 Å². The molecular formula is C21H22ClN5O4. The molecule has 10 heteroatoms. The van der Waals surface area contributed by atoms with E-state index in [0.717, 1.165) is 11.1 Å². The number of carbonyl (C=O) groups is 2. The second-order valence-corrected chi connectivity index (χ2v) is 7.57. The van der Waals surface area contributed by atoms with Gasteiger partial charge in [0.05, 0.1) is 15.6 Å². The number of hydrogen-bond acceptors (Lipinski definition) is 7. The summed E-state index contributed by atoms with van der Waals surface area (Å²) in [6, 6.07) is 9.82. The van der Waals surface area contributed by atoms with Crippen molar-refractivity contribution >= 4 is 40.5 Å². The van der Waals surface area contributed by atoms with Crippen LogP contribution >= 0.6 is 11.6 Å². The maximum absolute atomic E-state index is 11.6. The number of imide groups is 1. The van der Waals surface area contributed by atoms with Crippen molar-refractivity contribution < 1.29 is 14.5 Å². The standard InChI is InChI=1S/C21H22ClN5O4/c1-14-2-4-18(24-25-19-5-3-16(27(30)31)13-17(19)22)15(12-14)8-9-23-10-11-26-20(28)6-7-21(26)29/h2-5,12-13,23H,6-11H2,1H3. The van der Waals surface area contributed by atoms with Gasteiger partial charge in [-0.1, -0.05) is 29.3 Å². The van der Waals surface area contributed by atoms with Crippen molar-refractivity contribution in [2.24, 2.45) is 10.2 Å². The first-order valence-electron chi connectivity index (χ1n) is 9.84. The Bertz CT molecular complexity index is 1020. The van der Waals surface area contributed by atoms with Crippen LogP contribution in [0.1, 0.15) is 24.0 Å². The highest BCUT2D eigenvalue weighted by Gasteiger charge is 2.27. The van der Waals surface area contributed by atoms with Gasteiger partial charge in [0.1, 0.15) is 5.69 Å². The Morgan fingerprint density at radius 2 is 1.74 bits per heavy atom. The fraction of sp³-hybridized carbons (Fsp3) is 0.333. The van der Waals surface area contributed by atoms with E-state index in [2.05, 4.69) is 15.5 Å². The lowest BCUT2D eigenvalue weighted by molar-refractivity contribution is -0.384. The van der Waals surface area contributed by atoms with Gasteiger partial charge in [-0.25, -0.2) is 0 Å². The Labute approximate surface area is 184 Å². The number of non-ortho nitro benzene ring substituents is 1. The van der Waals surface area contributed by atoms with E-state index in [1.165, 1.54) is 23.1 Å². The summed E-state index contributed by atoms with van der Waals surface area (Å²) < 4.78 is 0. The van der Waals surface area contributed by atoms with Crippen molar-refractivity contribution in [3.63, 3.8) is 0 Å². The molecular weight excluding hydrogens is 422 g/mol. The molecule has 1 fully saturated rings. The van der Waals surface area contributed by atoms with Crippen LogP contribution in [0, 0.1) is 17.0 Å². The van der Waals surface area contributed by atoms with Gasteiger partial charge in [0.2, 0.25) is 11.8 Å². The lowest BCUT2D eigenvalue weighted by Crippen LogP contribution is -2.36. The maximum Gasteiger partial charge on any atom is 0.271 e. The summed E-state index contributed by atoms with van der Waals surface area (Å²) in [6.45, 7) is 3.52. The summed E-state index contributed by atoms with van der Waals surface area (Å²) in [7, 11) is 0. The van der Waals surface area contributed by atoms with Gasteiger partial charge in [-0.2, -0.15) is 5.11 Å². The maximum atomic E-state index is 11.6. The number of halogens is 1. The van der Waals surface area contributed by atoms with Crippen LogP contribution in [0.25, 0.3) is 0 Å². The number of hydrogen-bond donors (Lipinski definition) is 1. The van der Waals surface area contributed by atoms with E-state index in [1.54, 1.807) is 0 Å². The molecule has 0 unspecified atom stereocenters. The van der Waals surface area contributed by atoms with Crippen LogP contribution in [0.4, 0.5) is 17.1 Å². The zero-order chi connectivity index (χ0) is 22.4. The van der Waals surface area contributed by atoms with Gasteiger partial charge in [0, 0.05) is 38.1 Å². The topological polar surface area (TPSA) is 117 Å². The smallest absolute Gasteiger partial charge is 0.271 e. The number of azo groups is 1. The molecule has 1 aliphatic heterocycles. The summed E-state index contributed by atoms with van der Waals surface area (Å²) >= 11 is 6.08. The summed E-state index contributed by atoms with van der Waals surface area (Å²) in [5, 5.41) is 22.7. The van der Waals surface area contributed by atoms with Crippen molar-refractivity contribution in [1.29, 1.82) is 0 Å². The molecule has 1 saturated heterocycles. The lowest BCUT2D eigenvalue weighted by Gasteiger charge is -2.14. The predicted octanol–water partition coefficient (Wildman–Crippen LogP) is 4.25. The SMILES string of the molecule is Cc1ccc(N=Nc2ccc([N+](=O)[O-])cc2Cl)c(CCNCCN2C(=O)CCC2=O)c1. The molecule has 1 heterocycles. The molecule has 2 aromatic rings. The van der Waals surface area contributed by atoms with Gasteiger partial charge >= 0.3 is 0 Å². The van der Waals surface area contributed by atoms with Gasteiger partial charge in [0.25, 0.3) is 5.69 Å². The Morgan fingerprint density at radius 3 is 2.42 bits per heavy atom. The Balaban J connectivity index is 1.60. The van der Waals surface area contributed by atoms with Gasteiger partial charge < -0.3 is 5.32 Å². The number of carbonyl (C=O) groups excluding carboxylic acids is 2. The molecule has 0 aromatic heterocycles. The van der Waals surface area contributed by atoms with Crippen LogP contribution in [0.5, 0.6) is 0 Å². The van der Waals surface area contributed by atoms with Crippen molar-refractivity contribution in [2.45, 2.75) is 26.2 Å². The first kappa shape index (κ1) is 22.5. The largest absolute Gasteiger partial charge is 0.315 e. The van der Waals surface area contributed by atoms with E-state index in [0.29, 0.717) is 50.3 Å². The van der Waals surface area contributed by atoms with Gasteiger partial charge in [0.15, 0.2) is 0 Å². The quantitative estimate of drug-likeness (QED) is 0.204. The van der Waals surface area contributed by atoms with Crippen LogP contribution in [-0.2, 0) is 16.0 Å². The highest BCUT2D eigenvalue weighted by Crippen LogP contribution is 2.31. The average Bonchev–Trinajstić information content (AvgIpc) is 3.05. The zero-order valence-electron chi connectivity index (χ0n) is 17.0. The number of rotatable bonds is 9. The third-order valence-electron chi connectivity index (χ3n) is 4.88.